The summed E-state index contributed by atoms with van der Waals surface area (Å²) in [5.74, 6) is 1.25. The molecule has 0 aromatic carbocycles. The van der Waals surface area contributed by atoms with Gasteiger partial charge in [-0.15, -0.1) is 0 Å². The van der Waals surface area contributed by atoms with Gasteiger partial charge in [0.05, 0.1) is 10.6 Å². The number of nitrogens with one attached hydrogen (secondary N) is 1. The van der Waals surface area contributed by atoms with Gasteiger partial charge in [-0.25, -0.2) is 4.98 Å². The zero-order valence-corrected chi connectivity index (χ0v) is 13.1. The summed E-state index contributed by atoms with van der Waals surface area (Å²) in [6, 6.07) is 2.02. The number of likely N-dealkylation sites (tertiary alicyclic amines) is 1. The average Bonchev–Trinajstić information content (AvgIpc) is 2.43. The highest BCUT2D eigenvalue weighted by atomic mass is 35.5. The Kier molecular flexibility index (Phi) is 4.86. The zero-order valence-electron chi connectivity index (χ0n) is 12.3. The molecule has 4 nitrogen and oxygen atoms in total. The lowest BCUT2D eigenvalue weighted by atomic mass is 9.94. The van der Waals surface area contributed by atoms with Crippen LogP contribution in [0, 0.1) is 5.92 Å². The Labute approximate surface area is 125 Å². The van der Waals surface area contributed by atoms with Crippen molar-refractivity contribution in [1.29, 1.82) is 0 Å². The van der Waals surface area contributed by atoms with Gasteiger partial charge < -0.3 is 10.2 Å². The van der Waals surface area contributed by atoms with Crippen LogP contribution in [0.1, 0.15) is 44.0 Å². The van der Waals surface area contributed by atoms with Gasteiger partial charge in [-0.2, -0.15) is 0 Å². The molecule has 1 aromatic rings. The van der Waals surface area contributed by atoms with Crippen LogP contribution >= 0.6 is 11.6 Å². The third-order valence-electron chi connectivity index (χ3n) is 3.82. The smallest absolute Gasteiger partial charge is 0.255 e. The van der Waals surface area contributed by atoms with E-state index in [2.05, 4.69) is 24.1 Å². The van der Waals surface area contributed by atoms with Crippen LogP contribution in [0.25, 0.3) is 0 Å². The molecule has 1 aliphatic rings. The minimum atomic E-state index is 0.00982. The van der Waals surface area contributed by atoms with Gasteiger partial charge in [-0.05, 0) is 38.7 Å². The molecule has 5 heteroatoms. The van der Waals surface area contributed by atoms with E-state index >= 15 is 0 Å². The van der Waals surface area contributed by atoms with Crippen LogP contribution in [0.15, 0.2) is 12.3 Å². The number of nitrogens with zero attached hydrogens (tertiary/aromatic N) is 2. The summed E-state index contributed by atoms with van der Waals surface area (Å²) >= 11 is 6.16. The molecule has 2 unspecified atom stereocenters. The fourth-order valence-electron chi connectivity index (χ4n) is 2.61. The van der Waals surface area contributed by atoms with Crippen molar-refractivity contribution in [2.24, 2.45) is 5.92 Å². The van der Waals surface area contributed by atoms with Gasteiger partial charge in [0, 0.05) is 25.3 Å². The number of rotatable bonds is 3. The largest absolute Gasteiger partial charge is 0.370 e. The van der Waals surface area contributed by atoms with Crippen LogP contribution in [0.2, 0.25) is 5.02 Å². The predicted octanol–water partition coefficient (Wildman–Crippen LogP) is 3.43. The number of anilines is 1. The van der Waals surface area contributed by atoms with Crippen molar-refractivity contribution < 1.29 is 4.79 Å². The van der Waals surface area contributed by atoms with Crippen molar-refractivity contribution >= 4 is 23.3 Å². The minimum Gasteiger partial charge on any atom is -0.370 e. The minimum absolute atomic E-state index is 0.00982. The number of hydrogen-bond donors (Lipinski definition) is 1. The highest BCUT2D eigenvalue weighted by Gasteiger charge is 2.28. The van der Waals surface area contributed by atoms with Gasteiger partial charge in [-0.3, -0.25) is 4.79 Å². The third kappa shape index (κ3) is 3.23. The number of carbonyl (C=O) groups excluding carboxylic acids is 1. The van der Waals surface area contributed by atoms with Crippen LogP contribution in [-0.4, -0.2) is 34.9 Å². The van der Waals surface area contributed by atoms with Crippen molar-refractivity contribution in [3.05, 3.63) is 22.8 Å². The van der Waals surface area contributed by atoms with E-state index in [1.54, 1.807) is 12.3 Å². The maximum Gasteiger partial charge on any atom is 0.255 e. The number of amides is 1. The maximum absolute atomic E-state index is 12.7. The molecule has 1 aliphatic heterocycles. The number of carbonyl (C=O) groups is 1. The average molecular weight is 296 g/mol. The molecule has 1 amide bonds. The molecule has 1 aromatic heterocycles. The van der Waals surface area contributed by atoms with Gasteiger partial charge in [0.1, 0.15) is 5.82 Å². The first-order chi connectivity index (χ1) is 9.52. The van der Waals surface area contributed by atoms with E-state index < -0.39 is 0 Å². The van der Waals surface area contributed by atoms with Crippen molar-refractivity contribution in [2.45, 2.75) is 39.7 Å². The normalized spacial score (nSPS) is 22.7. The molecular formula is C15H22ClN3O. The number of hydrogen-bond acceptors (Lipinski definition) is 3. The molecule has 20 heavy (non-hydrogen) atoms. The van der Waals surface area contributed by atoms with Gasteiger partial charge >= 0.3 is 0 Å². The molecule has 0 aliphatic carbocycles. The van der Waals surface area contributed by atoms with Crippen molar-refractivity contribution in [1.82, 2.24) is 9.88 Å². The molecule has 2 rings (SSSR count). The van der Waals surface area contributed by atoms with Crippen LogP contribution in [0.5, 0.6) is 0 Å². The van der Waals surface area contributed by atoms with Gasteiger partial charge in [0.25, 0.3) is 5.91 Å². The van der Waals surface area contributed by atoms with Gasteiger partial charge in [0.15, 0.2) is 0 Å². The summed E-state index contributed by atoms with van der Waals surface area (Å²) < 4.78 is 0. The molecule has 2 atom stereocenters. The first-order valence-electron chi connectivity index (χ1n) is 7.23. The van der Waals surface area contributed by atoms with Crippen molar-refractivity contribution in [2.75, 3.05) is 18.4 Å². The lowest BCUT2D eigenvalue weighted by Crippen LogP contribution is -2.45. The first-order valence-corrected chi connectivity index (χ1v) is 7.61. The highest BCUT2D eigenvalue weighted by Crippen LogP contribution is 2.26. The molecule has 0 spiro atoms. The van der Waals surface area contributed by atoms with Crippen molar-refractivity contribution in [3.63, 3.8) is 0 Å². The number of halogens is 1. The van der Waals surface area contributed by atoms with E-state index in [0.29, 0.717) is 22.3 Å². The second-order valence-electron chi connectivity index (χ2n) is 5.57. The van der Waals surface area contributed by atoms with Crippen LogP contribution in [-0.2, 0) is 0 Å². The Hall–Kier alpha value is -1.29. The van der Waals surface area contributed by atoms with E-state index in [4.69, 9.17) is 11.6 Å². The zero-order chi connectivity index (χ0) is 14.7. The summed E-state index contributed by atoms with van der Waals surface area (Å²) in [6.07, 6.45) is 3.78. The third-order valence-corrected chi connectivity index (χ3v) is 4.12. The number of pyridine rings is 1. The van der Waals surface area contributed by atoms with Crippen LogP contribution in [0.4, 0.5) is 5.82 Å². The lowest BCUT2D eigenvalue weighted by molar-refractivity contribution is 0.0574. The first kappa shape index (κ1) is 15.1. The second kappa shape index (κ2) is 6.44. The van der Waals surface area contributed by atoms with E-state index in [1.807, 2.05) is 11.8 Å². The maximum atomic E-state index is 12.7. The van der Waals surface area contributed by atoms with Crippen LogP contribution in [0.3, 0.4) is 0 Å². The predicted molar refractivity (Wildman–Crippen MR) is 82.3 cm³/mol. The summed E-state index contributed by atoms with van der Waals surface area (Å²) in [6.45, 7) is 7.84. The number of aromatic nitrogens is 1. The lowest BCUT2D eigenvalue weighted by Gasteiger charge is -2.37. The monoisotopic (exact) mass is 295 g/mol. The van der Waals surface area contributed by atoms with Gasteiger partial charge in [0.2, 0.25) is 0 Å². The molecule has 1 saturated heterocycles. The summed E-state index contributed by atoms with van der Waals surface area (Å²) in [4.78, 5) is 18.8. The Bertz CT molecular complexity index is 492. The van der Waals surface area contributed by atoms with E-state index in [-0.39, 0.29) is 11.9 Å². The van der Waals surface area contributed by atoms with E-state index in [0.717, 1.165) is 19.5 Å². The highest BCUT2D eigenvalue weighted by molar-refractivity contribution is 6.33. The Morgan fingerprint density at radius 1 is 1.50 bits per heavy atom. The molecule has 0 saturated carbocycles. The van der Waals surface area contributed by atoms with E-state index in [1.165, 1.54) is 6.42 Å². The Balaban J connectivity index is 2.25. The summed E-state index contributed by atoms with van der Waals surface area (Å²) in [5.41, 5.74) is 0.540. The molecule has 110 valence electrons. The topological polar surface area (TPSA) is 45.2 Å². The Morgan fingerprint density at radius 3 is 2.95 bits per heavy atom. The summed E-state index contributed by atoms with van der Waals surface area (Å²) in [5, 5.41) is 3.53. The van der Waals surface area contributed by atoms with Crippen LogP contribution < -0.4 is 5.32 Å². The SMILES string of the molecule is CCNc1cc(C(=O)N2CC(C)CCC2C)c(Cl)cn1. The molecule has 0 radical (unpaired) electrons. The Morgan fingerprint density at radius 2 is 2.25 bits per heavy atom. The summed E-state index contributed by atoms with van der Waals surface area (Å²) in [7, 11) is 0. The van der Waals surface area contributed by atoms with Crippen molar-refractivity contribution in [3.8, 4) is 0 Å². The molecule has 1 N–H and O–H groups in total. The van der Waals surface area contributed by atoms with E-state index in [9.17, 15) is 4.79 Å². The standard InChI is InChI=1S/C15H22ClN3O/c1-4-17-14-7-12(13(16)8-18-14)15(20)19-9-10(2)5-6-11(19)3/h7-8,10-11H,4-6,9H2,1-3H3,(H,17,18). The fraction of sp³-hybridized carbons (Fsp3) is 0.600. The quantitative estimate of drug-likeness (QED) is 0.929. The van der Waals surface area contributed by atoms with Gasteiger partial charge in [-0.1, -0.05) is 18.5 Å². The molecule has 0 bridgehead atoms. The number of piperidine rings is 1. The fourth-order valence-corrected chi connectivity index (χ4v) is 2.79. The second-order valence-corrected chi connectivity index (χ2v) is 5.98. The molecule has 2 heterocycles. The molecular weight excluding hydrogens is 274 g/mol. The molecule has 1 fully saturated rings.